The number of aliphatic carboxylic acids is 1. The van der Waals surface area contributed by atoms with E-state index in [1.807, 2.05) is 0 Å². The predicted octanol–water partition coefficient (Wildman–Crippen LogP) is 2.48. The molecule has 1 saturated heterocycles. The van der Waals surface area contributed by atoms with Crippen LogP contribution in [0.1, 0.15) is 12.8 Å². The van der Waals surface area contributed by atoms with Gasteiger partial charge in [-0.3, -0.25) is 4.79 Å². The van der Waals surface area contributed by atoms with Crippen LogP contribution in [0.5, 0.6) is 0 Å². The monoisotopic (exact) mass is 337 g/mol. The minimum atomic E-state index is -3.80. The molecular formula is C12H13Cl2NO4S. The van der Waals surface area contributed by atoms with Gasteiger partial charge in [-0.25, -0.2) is 8.42 Å². The summed E-state index contributed by atoms with van der Waals surface area (Å²) < 4.78 is 26.2. The fraction of sp³-hybridized carbons (Fsp3) is 0.417. The van der Waals surface area contributed by atoms with Crippen LogP contribution in [-0.4, -0.2) is 36.9 Å². The van der Waals surface area contributed by atoms with Gasteiger partial charge in [-0.15, -0.1) is 0 Å². The average Bonchev–Trinajstić information content (AvgIpc) is 2.38. The van der Waals surface area contributed by atoms with Gasteiger partial charge in [0, 0.05) is 18.1 Å². The van der Waals surface area contributed by atoms with Gasteiger partial charge in [0.05, 0.1) is 10.9 Å². The first-order valence-corrected chi connectivity index (χ1v) is 8.20. The number of carboxylic acid groups (broad SMARTS) is 1. The van der Waals surface area contributed by atoms with E-state index in [9.17, 15) is 13.2 Å². The molecule has 0 aromatic heterocycles. The van der Waals surface area contributed by atoms with Crippen molar-refractivity contribution in [3.63, 3.8) is 0 Å². The summed E-state index contributed by atoms with van der Waals surface area (Å²) in [6, 6.07) is 4.14. The molecule has 1 atom stereocenters. The van der Waals surface area contributed by atoms with Crippen LogP contribution in [0.15, 0.2) is 23.1 Å². The zero-order chi connectivity index (χ0) is 14.9. The summed E-state index contributed by atoms with van der Waals surface area (Å²) in [6.07, 6.45) is 0.997. The van der Waals surface area contributed by atoms with E-state index in [4.69, 9.17) is 28.3 Å². The minimum Gasteiger partial charge on any atom is -0.481 e. The van der Waals surface area contributed by atoms with Crippen LogP contribution in [0.2, 0.25) is 10.0 Å². The van der Waals surface area contributed by atoms with Gasteiger partial charge in [0.25, 0.3) is 0 Å². The lowest BCUT2D eigenvalue weighted by molar-refractivity contribution is -0.142. The van der Waals surface area contributed by atoms with Gasteiger partial charge in [0.2, 0.25) is 10.0 Å². The maximum atomic E-state index is 12.5. The Kier molecular flexibility index (Phi) is 4.59. The number of hydrogen-bond acceptors (Lipinski definition) is 3. The molecule has 1 aromatic carbocycles. The summed E-state index contributed by atoms with van der Waals surface area (Å²) in [4.78, 5) is 11.0. The quantitative estimate of drug-likeness (QED) is 0.919. The second-order valence-corrected chi connectivity index (χ2v) is 7.37. The van der Waals surface area contributed by atoms with Gasteiger partial charge < -0.3 is 5.11 Å². The van der Waals surface area contributed by atoms with Crippen LogP contribution >= 0.6 is 23.2 Å². The van der Waals surface area contributed by atoms with E-state index in [1.165, 1.54) is 22.5 Å². The van der Waals surface area contributed by atoms with Crippen molar-refractivity contribution < 1.29 is 18.3 Å². The zero-order valence-electron chi connectivity index (χ0n) is 10.4. The number of rotatable bonds is 3. The van der Waals surface area contributed by atoms with E-state index in [0.717, 1.165) is 0 Å². The lowest BCUT2D eigenvalue weighted by Gasteiger charge is -2.30. The number of nitrogens with zero attached hydrogens (tertiary/aromatic N) is 1. The molecule has 0 aliphatic carbocycles. The molecule has 1 aliphatic rings. The SMILES string of the molecule is O=C(O)[C@H]1CCCN(S(=O)(=O)c2ccc(Cl)cc2Cl)C1. The Morgan fingerprint density at radius 2 is 2.05 bits per heavy atom. The van der Waals surface area contributed by atoms with Crippen LogP contribution in [0, 0.1) is 5.92 Å². The van der Waals surface area contributed by atoms with Crippen molar-refractivity contribution in [3.8, 4) is 0 Å². The zero-order valence-corrected chi connectivity index (χ0v) is 12.7. The first-order valence-electron chi connectivity index (χ1n) is 6.00. The Hall–Kier alpha value is -0.820. The molecule has 1 N–H and O–H groups in total. The molecule has 0 radical (unpaired) electrons. The molecule has 0 unspecified atom stereocenters. The van der Waals surface area contributed by atoms with E-state index < -0.39 is 21.9 Å². The lowest BCUT2D eigenvalue weighted by atomic mass is 10.0. The van der Waals surface area contributed by atoms with Crippen molar-refractivity contribution in [2.24, 2.45) is 5.92 Å². The highest BCUT2D eigenvalue weighted by molar-refractivity contribution is 7.89. The van der Waals surface area contributed by atoms with Gasteiger partial charge in [0.15, 0.2) is 0 Å². The van der Waals surface area contributed by atoms with Crippen molar-refractivity contribution in [2.75, 3.05) is 13.1 Å². The van der Waals surface area contributed by atoms with Crippen molar-refractivity contribution in [1.29, 1.82) is 0 Å². The average molecular weight is 338 g/mol. The normalized spacial score (nSPS) is 20.8. The Morgan fingerprint density at radius 3 is 2.65 bits per heavy atom. The molecule has 5 nitrogen and oxygen atoms in total. The summed E-state index contributed by atoms with van der Waals surface area (Å²) in [5.41, 5.74) is 0. The van der Waals surface area contributed by atoms with E-state index in [0.29, 0.717) is 24.4 Å². The highest BCUT2D eigenvalue weighted by Crippen LogP contribution is 2.30. The molecule has 0 spiro atoms. The van der Waals surface area contributed by atoms with E-state index in [2.05, 4.69) is 0 Å². The van der Waals surface area contributed by atoms with Crippen molar-refractivity contribution in [2.45, 2.75) is 17.7 Å². The van der Waals surface area contributed by atoms with Crippen LogP contribution in [-0.2, 0) is 14.8 Å². The molecule has 1 aromatic rings. The summed E-state index contributed by atoms with van der Waals surface area (Å²) in [7, 11) is -3.80. The van der Waals surface area contributed by atoms with Gasteiger partial charge in [-0.1, -0.05) is 23.2 Å². The first-order chi connectivity index (χ1) is 9.32. The topological polar surface area (TPSA) is 74.7 Å². The van der Waals surface area contributed by atoms with Crippen molar-refractivity contribution in [1.82, 2.24) is 4.31 Å². The highest BCUT2D eigenvalue weighted by Gasteiger charge is 2.34. The van der Waals surface area contributed by atoms with E-state index >= 15 is 0 Å². The molecular weight excluding hydrogens is 325 g/mol. The van der Waals surface area contributed by atoms with Gasteiger partial charge >= 0.3 is 5.97 Å². The van der Waals surface area contributed by atoms with Crippen LogP contribution < -0.4 is 0 Å². The fourth-order valence-corrected chi connectivity index (χ4v) is 4.46. The second-order valence-electron chi connectivity index (χ2n) is 4.62. The Labute approximate surface area is 127 Å². The van der Waals surface area contributed by atoms with Gasteiger partial charge in [0.1, 0.15) is 4.90 Å². The molecule has 0 amide bonds. The van der Waals surface area contributed by atoms with Crippen molar-refractivity contribution >= 4 is 39.2 Å². The molecule has 0 saturated carbocycles. The minimum absolute atomic E-state index is 0.0311. The number of sulfonamides is 1. The number of benzene rings is 1. The van der Waals surface area contributed by atoms with E-state index in [1.54, 1.807) is 0 Å². The maximum Gasteiger partial charge on any atom is 0.307 e. The van der Waals surface area contributed by atoms with Crippen molar-refractivity contribution in [3.05, 3.63) is 28.2 Å². The number of piperidine rings is 1. The largest absolute Gasteiger partial charge is 0.481 e. The fourth-order valence-electron chi connectivity index (χ4n) is 2.19. The van der Waals surface area contributed by atoms with Crippen LogP contribution in [0.25, 0.3) is 0 Å². The molecule has 1 aliphatic heterocycles. The Bertz CT molecular complexity index is 632. The molecule has 1 fully saturated rings. The number of carboxylic acids is 1. The summed E-state index contributed by atoms with van der Waals surface area (Å²) in [6.45, 7) is 0.266. The molecule has 110 valence electrons. The summed E-state index contributed by atoms with van der Waals surface area (Å²) in [5, 5.41) is 9.40. The Morgan fingerprint density at radius 1 is 1.35 bits per heavy atom. The molecule has 2 rings (SSSR count). The third kappa shape index (κ3) is 3.09. The smallest absolute Gasteiger partial charge is 0.307 e. The molecule has 1 heterocycles. The number of halogens is 2. The maximum absolute atomic E-state index is 12.5. The summed E-state index contributed by atoms with van der Waals surface area (Å²) in [5.74, 6) is -1.66. The molecule has 0 bridgehead atoms. The number of hydrogen-bond donors (Lipinski definition) is 1. The highest BCUT2D eigenvalue weighted by atomic mass is 35.5. The third-order valence-corrected chi connectivity index (χ3v) is 5.83. The third-order valence-electron chi connectivity index (χ3n) is 3.25. The number of carbonyl (C=O) groups is 1. The first kappa shape index (κ1) is 15.6. The van der Waals surface area contributed by atoms with Crippen LogP contribution in [0.4, 0.5) is 0 Å². The Balaban J connectivity index is 2.32. The van der Waals surface area contributed by atoms with Gasteiger partial charge in [-0.2, -0.15) is 4.31 Å². The molecule has 8 heteroatoms. The van der Waals surface area contributed by atoms with Crippen LogP contribution in [0.3, 0.4) is 0 Å². The van der Waals surface area contributed by atoms with Gasteiger partial charge in [-0.05, 0) is 31.0 Å². The second kappa shape index (κ2) is 5.89. The summed E-state index contributed by atoms with van der Waals surface area (Å²) >= 11 is 11.7. The molecule has 20 heavy (non-hydrogen) atoms. The van der Waals surface area contributed by atoms with E-state index in [-0.39, 0.29) is 16.5 Å². The lowest BCUT2D eigenvalue weighted by Crippen LogP contribution is -2.42. The predicted molar refractivity (Wildman–Crippen MR) is 75.6 cm³/mol. The standard InChI is InChI=1S/C12H13Cl2NO4S/c13-9-3-4-11(10(14)6-9)20(18,19)15-5-1-2-8(7-15)12(16)17/h3-4,6,8H,1-2,5,7H2,(H,16,17)/t8-/m0/s1.